The van der Waals surface area contributed by atoms with Crippen LogP contribution in [0.4, 0.5) is 13.2 Å². The minimum atomic E-state index is -4.06. The van der Waals surface area contributed by atoms with E-state index >= 15 is 0 Å². The molecule has 20 heavy (non-hydrogen) atoms. The maximum Gasteiger partial charge on any atom is 0.391 e. The normalized spacial score (nSPS) is 42.9. The van der Waals surface area contributed by atoms with Crippen molar-refractivity contribution >= 4 is 0 Å². The van der Waals surface area contributed by atoms with Crippen LogP contribution in [0, 0.1) is 17.8 Å². The Labute approximate surface area is 118 Å². The van der Waals surface area contributed by atoms with Crippen LogP contribution in [-0.4, -0.2) is 36.2 Å². The van der Waals surface area contributed by atoms with Crippen molar-refractivity contribution in [3.8, 4) is 0 Å². The van der Waals surface area contributed by atoms with E-state index in [9.17, 15) is 13.2 Å². The standard InChI is InChI=1S/C15H25F3N2/c16-15(17,18)13-5-2-6-14(7-13,10-19)20-8-11-3-1-4-12(11)9-20/h11-13H,1-10,19H2. The van der Waals surface area contributed by atoms with Crippen LogP contribution in [0.2, 0.25) is 0 Å². The van der Waals surface area contributed by atoms with Crippen molar-refractivity contribution in [1.82, 2.24) is 4.90 Å². The highest BCUT2D eigenvalue weighted by molar-refractivity contribution is 5.03. The summed E-state index contributed by atoms with van der Waals surface area (Å²) in [6.07, 6.45) is 1.75. The monoisotopic (exact) mass is 290 g/mol. The summed E-state index contributed by atoms with van der Waals surface area (Å²) in [4.78, 5) is 2.33. The van der Waals surface area contributed by atoms with Gasteiger partial charge < -0.3 is 5.73 Å². The molecular formula is C15H25F3N2. The smallest absolute Gasteiger partial charge is 0.329 e. The second kappa shape index (κ2) is 5.16. The molecule has 4 atom stereocenters. The van der Waals surface area contributed by atoms with Gasteiger partial charge in [-0.1, -0.05) is 12.8 Å². The van der Waals surface area contributed by atoms with E-state index in [4.69, 9.17) is 5.73 Å². The highest BCUT2D eigenvalue weighted by atomic mass is 19.4. The van der Waals surface area contributed by atoms with Crippen LogP contribution >= 0.6 is 0 Å². The fraction of sp³-hybridized carbons (Fsp3) is 1.00. The van der Waals surface area contributed by atoms with E-state index < -0.39 is 12.1 Å². The molecule has 3 rings (SSSR count). The van der Waals surface area contributed by atoms with Crippen molar-refractivity contribution in [3.63, 3.8) is 0 Å². The van der Waals surface area contributed by atoms with Crippen LogP contribution in [0.15, 0.2) is 0 Å². The van der Waals surface area contributed by atoms with Crippen molar-refractivity contribution in [2.45, 2.75) is 56.7 Å². The largest absolute Gasteiger partial charge is 0.391 e. The lowest BCUT2D eigenvalue weighted by molar-refractivity contribution is -0.193. The number of hydrogen-bond donors (Lipinski definition) is 1. The molecular weight excluding hydrogens is 265 g/mol. The van der Waals surface area contributed by atoms with Crippen LogP contribution in [0.3, 0.4) is 0 Å². The van der Waals surface area contributed by atoms with Crippen LogP contribution < -0.4 is 5.73 Å². The molecule has 5 heteroatoms. The molecule has 2 aliphatic carbocycles. The molecule has 116 valence electrons. The Hall–Kier alpha value is -0.290. The number of fused-ring (bicyclic) bond motifs is 1. The van der Waals surface area contributed by atoms with Crippen LogP contribution in [0.5, 0.6) is 0 Å². The lowest BCUT2D eigenvalue weighted by Crippen LogP contribution is -2.57. The summed E-state index contributed by atoms with van der Waals surface area (Å²) in [5.74, 6) is 0.273. The Kier molecular flexibility index (Phi) is 3.78. The lowest BCUT2D eigenvalue weighted by atomic mass is 9.74. The zero-order valence-electron chi connectivity index (χ0n) is 12.0. The van der Waals surface area contributed by atoms with Crippen molar-refractivity contribution in [2.24, 2.45) is 23.5 Å². The van der Waals surface area contributed by atoms with Gasteiger partial charge in [-0.25, -0.2) is 0 Å². The number of halogens is 3. The molecule has 2 saturated carbocycles. The Morgan fingerprint density at radius 1 is 1.05 bits per heavy atom. The number of alkyl halides is 3. The summed E-state index contributed by atoms with van der Waals surface area (Å²) in [6.45, 7) is 2.33. The van der Waals surface area contributed by atoms with Gasteiger partial charge in [0.05, 0.1) is 5.92 Å². The second-order valence-electron chi connectivity index (χ2n) is 7.12. The molecule has 2 nitrogen and oxygen atoms in total. The molecule has 1 heterocycles. The molecule has 2 N–H and O–H groups in total. The van der Waals surface area contributed by atoms with Gasteiger partial charge in [-0.3, -0.25) is 4.90 Å². The van der Waals surface area contributed by atoms with Gasteiger partial charge in [0.1, 0.15) is 0 Å². The predicted octanol–water partition coefficient (Wildman–Crippen LogP) is 3.17. The third-order valence-corrected chi connectivity index (χ3v) is 6.06. The summed E-state index contributed by atoms with van der Waals surface area (Å²) < 4.78 is 39.2. The first-order valence-corrected chi connectivity index (χ1v) is 7.96. The number of hydrogen-bond acceptors (Lipinski definition) is 2. The van der Waals surface area contributed by atoms with Crippen LogP contribution in [0.25, 0.3) is 0 Å². The first-order valence-electron chi connectivity index (χ1n) is 7.96. The maximum atomic E-state index is 13.1. The Bertz CT molecular complexity index is 346. The number of nitrogens with two attached hydrogens (primary N) is 1. The van der Waals surface area contributed by atoms with E-state index in [-0.39, 0.29) is 18.4 Å². The Balaban J connectivity index is 1.74. The Morgan fingerprint density at radius 2 is 1.70 bits per heavy atom. The average molecular weight is 290 g/mol. The SMILES string of the molecule is NCC1(N2CC3CCCC3C2)CCCC(C(F)(F)F)C1. The zero-order valence-corrected chi connectivity index (χ0v) is 12.0. The summed E-state index contributed by atoms with van der Waals surface area (Å²) in [7, 11) is 0. The topological polar surface area (TPSA) is 29.3 Å². The van der Waals surface area contributed by atoms with Gasteiger partial charge in [0.2, 0.25) is 0 Å². The van der Waals surface area contributed by atoms with Gasteiger partial charge in [0.25, 0.3) is 0 Å². The van der Waals surface area contributed by atoms with Gasteiger partial charge in [-0.05, 0) is 43.9 Å². The van der Waals surface area contributed by atoms with Gasteiger partial charge in [-0.15, -0.1) is 0 Å². The minimum Gasteiger partial charge on any atom is -0.329 e. The van der Waals surface area contributed by atoms with E-state index in [0.717, 1.165) is 19.5 Å². The number of nitrogens with zero attached hydrogens (tertiary/aromatic N) is 1. The van der Waals surface area contributed by atoms with Gasteiger partial charge >= 0.3 is 6.18 Å². The second-order valence-corrected chi connectivity index (χ2v) is 7.12. The van der Waals surface area contributed by atoms with Gasteiger partial charge in [0.15, 0.2) is 0 Å². The van der Waals surface area contributed by atoms with E-state index in [1.807, 2.05) is 0 Å². The molecule has 0 aromatic carbocycles. The molecule has 0 aromatic rings. The van der Waals surface area contributed by atoms with E-state index in [0.29, 0.717) is 24.8 Å². The molecule has 0 spiro atoms. The average Bonchev–Trinajstić information content (AvgIpc) is 2.98. The first-order chi connectivity index (χ1) is 9.44. The molecule has 0 aromatic heterocycles. The fourth-order valence-corrected chi connectivity index (χ4v) is 4.84. The predicted molar refractivity (Wildman–Crippen MR) is 72.2 cm³/mol. The summed E-state index contributed by atoms with van der Waals surface area (Å²) >= 11 is 0. The molecule has 1 aliphatic heterocycles. The molecule has 0 bridgehead atoms. The van der Waals surface area contributed by atoms with Gasteiger partial charge in [-0.2, -0.15) is 13.2 Å². The van der Waals surface area contributed by atoms with E-state index in [2.05, 4.69) is 4.90 Å². The molecule has 4 unspecified atom stereocenters. The number of likely N-dealkylation sites (tertiary alicyclic amines) is 1. The molecule has 0 radical (unpaired) electrons. The lowest BCUT2D eigenvalue weighted by Gasteiger charge is -2.47. The summed E-state index contributed by atoms with van der Waals surface area (Å²) in [5, 5.41) is 0. The van der Waals surface area contributed by atoms with Crippen molar-refractivity contribution in [2.75, 3.05) is 19.6 Å². The fourth-order valence-electron chi connectivity index (χ4n) is 4.84. The Morgan fingerprint density at radius 3 is 2.25 bits per heavy atom. The maximum absolute atomic E-state index is 13.1. The summed E-state index contributed by atoms with van der Waals surface area (Å²) in [6, 6.07) is 0. The van der Waals surface area contributed by atoms with Crippen LogP contribution in [-0.2, 0) is 0 Å². The first kappa shape index (κ1) is 14.6. The molecule has 3 aliphatic rings. The van der Waals surface area contributed by atoms with Crippen LogP contribution in [0.1, 0.15) is 44.9 Å². The van der Waals surface area contributed by atoms with E-state index in [1.165, 1.54) is 19.3 Å². The van der Waals surface area contributed by atoms with Crippen molar-refractivity contribution < 1.29 is 13.2 Å². The van der Waals surface area contributed by atoms with Crippen molar-refractivity contribution in [1.29, 1.82) is 0 Å². The summed E-state index contributed by atoms with van der Waals surface area (Å²) in [5.41, 5.74) is 5.58. The number of rotatable bonds is 2. The molecule has 1 saturated heterocycles. The van der Waals surface area contributed by atoms with E-state index in [1.54, 1.807) is 0 Å². The highest BCUT2D eigenvalue weighted by Crippen LogP contribution is 2.48. The third kappa shape index (κ3) is 2.47. The van der Waals surface area contributed by atoms with Crippen molar-refractivity contribution in [3.05, 3.63) is 0 Å². The van der Waals surface area contributed by atoms with Gasteiger partial charge in [0, 0.05) is 25.2 Å². The zero-order chi connectivity index (χ0) is 14.4. The minimum absolute atomic E-state index is 0.215. The molecule has 0 amide bonds. The highest BCUT2D eigenvalue weighted by Gasteiger charge is 2.52. The molecule has 3 fully saturated rings. The quantitative estimate of drug-likeness (QED) is 0.846. The third-order valence-electron chi connectivity index (χ3n) is 6.06.